The molecule has 3 rings (SSSR count). The molecule has 0 aliphatic carbocycles. The van der Waals surface area contributed by atoms with Crippen LogP contribution in [0.3, 0.4) is 0 Å². The van der Waals surface area contributed by atoms with Crippen LogP contribution in [0.4, 0.5) is 0 Å². The van der Waals surface area contributed by atoms with Gasteiger partial charge in [-0.2, -0.15) is 10.2 Å². The molecule has 21 heavy (non-hydrogen) atoms. The summed E-state index contributed by atoms with van der Waals surface area (Å²) in [4.78, 5) is 3.95. The summed E-state index contributed by atoms with van der Waals surface area (Å²) in [5.41, 5.74) is 2.26. The van der Waals surface area contributed by atoms with Crippen molar-refractivity contribution in [3.63, 3.8) is 0 Å². The second-order valence-corrected chi connectivity index (χ2v) is 5.02. The highest BCUT2D eigenvalue weighted by Gasteiger charge is 2.03. The molecule has 0 saturated heterocycles. The van der Waals surface area contributed by atoms with Gasteiger partial charge < -0.3 is 5.32 Å². The molecule has 3 aromatic rings. The number of benzene rings is 1. The molecule has 1 N–H and O–H groups in total. The van der Waals surface area contributed by atoms with Crippen molar-refractivity contribution in [1.82, 2.24) is 29.9 Å². The highest BCUT2D eigenvalue weighted by atomic mass is 15.3. The summed E-state index contributed by atoms with van der Waals surface area (Å²) in [7, 11) is 0. The first-order valence-electron chi connectivity index (χ1n) is 6.96. The van der Waals surface area contributed by atoms with Crippen LogP contribution in [0.1, 0.15) is 12.5 Å². The van der Waals surface area contributed by atoms with Crippen LogP contribution in [0.2, 0.25) is 0 Å². The van der Waals surface area contributed by atoms with Crippen LogP contribution in [-0.4, -0.2) is 30.6 Å². The molecule has 0 aliphatic rings. The molecule has 0 saturated carbocycles. The van der Waals surface area contributed by atoms with Crippen LogP contribution in [-0.2, 0) is 13.1 Å². The van der Waals surface area contributed by atoms with Crippen molar-refractivity contribution in [2.75, 3.05) is 0 Å². The third kappa shape index (κ3) is 3.55. The van der Waals surface area contributed by atoms with E-state index in [0.29, 0.717) is 6.04 Å². The van der Waals surface area contributed by atoms with E-state index in [0.717, 1.165) is 18.8 Å². The molecule has 0 spiro atoms. The fourth-order valence-electron chi connectivity index (χ4n) is 2.15. The predicted molar refractivity (Wildman–Crippen MR) is 79.9 cm³/mol. The zero-order chi connectivity index (χ0) is 14.5. The molecule has 1 aromatic carbocycles. The molecular formula is C15H18N6. The zero-order valence-electron chi connectivity index (χ0n) is 11.9. The third-order valence-electron chi connectivity index (χ3n) is 3.29. The van der Waals surface area contributed by atoms with Crippen LogP contribution in [0.5, 0.6) is 0 Å². The molecule has 0 radical (unpaired) electrons. The lowest BCUT2D eigenvalue weighted by Gasteiger charge is -2.14. The van der Waals surface area contributed by atoms with Gasteiger partial charge in [0.15, 0.2) is 0 Å². The summed E-state index contributed by atoms with van der Waals surface area (Å²) < 4.78 is 3.68. The number of rotatable bonds is 6. The van der Waals surface area contributed by atoms with Crippen molar-refractivity contribution in [3.05, 3.63) is 60.9 Å². The first-order chi connectivity index (χ1) is 10.3. The first-order valence-corrected chi connectivity index (χ1v) is 6.96. The van der Waals surface area contributed by atoms with Gasteiger partial charge in [0.2, 0.25) is 0 Å². The quantitative estimate of drug-likeness (QED) is 0.746. The summed E-state index contributed by atoms with van der Waals surface area (Å²) in [6.45, 7) is 3.86. The minimum Gasteiger partial charge on any atom is -0.308 e. The lowest BCUT2D eigenvalue weighted by molar-refractivity contribution is 0.451. The van der Waals surface area contributed by atoms with E-state index < -0.39 is 0 Å². The molecule has 6 heteroatoms. The molecule has 6 nitrogen and oxygen atoms in total. The van der Waals surface area contributed by atoms with Gasteiger partial charge in [-0.15, -0.1) is 0 Å². The monoisotopic (exact) mass is 282 g/mol. The molecule has 0 aliphatic heterocycles. The van der Waals surface area contributed by atoms with Crippen LogP contribution >= 0.6 is 0 Å². The fourth-order valence-corrected chi connectivity index (χ4v) is 2.15. The fraction of sp³-hybridized carbons (Fsp3) is 0.267. The van der Waals surface area contributed by atoms with Gasteiger partial charge in [-0.3, -0.25) is 4.68 Å². The topological polar surface area (TPSA) is 60.6 Å². The molecule has 2 heterocycles. The van der Waals surface area contributed by atoms with E-state index in [1.165, 1.54) is 11.9 Å². The molecular weight excluding hydrogens is 264 g/mol. The van der Waals surface area contributed by atoms with Crippen molar-refractivity contribution < 1.29 is 0 Å². The van der Waals surface area contributed by atoms with E-state index in [9.17, 15) is 0 Å². The van der Waals surface area contributed by atoms with E-state index in [1.807, 2.05) is 29.1 Å². The van der Waals surface area contributed by atoms with Gasteiger partial charge in [0.1, 0.15) is 12.7 Å². The highest BCUT2D eigenvalue weighted by Crippen LogP contribution is 2.08. The van der Waals surface area contributed by atoms with E-state index in [1.54, 1.807) is 17.2 Å². The van der Waals surface area contributed by atoms with Crippen LogP contribution in [0.25, 0.3) is 5.69 Å². The third-order valence-corrected chi connectivity index (χ3v) is 3.29. The van der Waals surface area contributed by atoms with Gasteiger partial charge in [-0.05, 0) is 30.7 Å². The maximum Gasteiger partial charge on any atom is 0.138 e. The Kier molecular flexibility index (Phi) is 4.07. The van der Waals surface area contributed by atoms with Gasteiger partial charge in [-0.25, -0.2) is 9.67 Å². The van der Waals surface area contributed by atoms with Crippen molar-refractivity contribution in [1.29, 1.82) is 0 Å². The number of aromatic nitrogens is 5. The predicted octanol–water partition coefficient (Wildman–Crippen LogP) is 1.64. The SMILES string of the molecule is C[C@H](Cn1cccn1)NCc1ccc(-n2cncn2)cc1. The molecule has 0 fully saturated rings. The summed E-state index contributed by atoms with van der Waals surface area (Å²) in [6.07, 6.45) is 7.01. The average Bonchev–Trinajstić information content (AvgIpc) is 3.19. The highest BCUT2D eigenvalue weighted by molar-refractivity contribution is 5.33. The molecule has 2 aromatic heterocycles. The molecule has 0 unspecified atom stereocenters. The Balaban J connectivity index is 1.53. The lowest BCUT2D eigenvalue weighted by atomic mass is 10.2. The van der Waals surface area contributed by atoms with Crippen LogP contribution in [0.15, 0.2) is 55.4 Å². The van der Waals surface area contributed by atoms with Gasteiger partial charge in [0.05, 0.1) is 12.2 Å². The number of hydrogen-bond acceptors (Lipinski definition) is 4. The van der Waals surface area contributed by atoms with Gasteiger partial charge in [-0.1, -0.05) is 12.1 Å². The minimum absolute atomic E-state index is 0.361. The average molecular weight is 282 g/mol. The summed E-state index contributed by atoms with van der Waals surface area (Å²) in [5.74, 6) is 0. The Labute approximate surface area is 123 Å². The Morgan fingerprint density at radius 1 is 1.19 bits per heavy atom. The first kappa shape index (κ1) is 13.5. The van der Waals surface area contributed by atoms with E-state index in [-0.39, 0.29) is 0 Å². The maximum absolute atomic E-state index is 4.21. The number of nitrogens with zero attached hydrogens (tertiary/aromatic N) is 5. The largest absolute Gasteiger partial charge is 0.308 e. The molecule has 0 bridgehead atoms. The molecule has 1 atom stereocenters. The molecule has 108 valence electrons. The summed E-state index contributed by atoms with van der Waals surface area (Å²) >= 11 is 0. The van der Waals surface area contributed by atoms with Gasteiger partial charge >= 0.3 is 0 Å². The standard InChI is InChI=1S/C15H18N6/c1-13(10-20-8-2-7-18-20)17-9-14-3-5-15(6-4-14)21-12-16-11-19-21/h2-8,11-13,17H,9-10H2,1H3/t13-/m1/s1. The van der Waals surface area contributed by atoms with Crippen molar-refractivity contribution in [2.45, 2.75) is 26.1 Å². The Morgan fingerprint density at radius 2 is 2.05 bits per heavy atom. The summed E-state index contributed by atoms with van der Waals surface area (Å²) in [5, 5.41) is 11.8. The zero-order valence-corrected chi connectivity index (χ0v) is 11.9. The Bertz CT molecular complexity index is 642. The Morgan fingerprint density at radius 3 is 2.71 bits per heavy atom. The normalized spacial score (nSPS) is 12.4. The molecule has 0 amide bonds. The van der Waals surface area contributed by atoms with E-state index >= 15 is 0 Å². The lowest BCUT2D eigenvalue weighted by Crippen LogP contribution is -2.30. The van der Waals surface area contributed by atoms with Gasteiger partial charge in [0, 0.05) is 25.0 Å². The number of hydrogen-bond donors (Lipinski definition) is 1. The van der Waals surface area contributed by atoms with E-state index in [2.05, 4.69) is 39.6 Å². The minimum atomic E-state index is 0.361. The maximum atomic E-state index is 4.21. The van der Waals surface area contributed by atoms with Crippen molar-refractivity contribution in [3.8, 4) is 5.69 Å². The second kappa shape index (κ2) is 6.32. The van der Waals surface area contributed by atoms with Gasteiger partial charge in [0.25, 0.3) is 0 Å². The number of nitrogens with one attached hydrogen (secondary N) is 1. The van der Waals surface area contributed by atoms with E-state index in [4.69, 9.17) is 0 Å². The van der Waals surface area contributed by atoms with Crippen molar-refractivity contribution in [2.24, 2.45) is 0 Å². The second-order valence-electron chi connectivity index (χ2n) is 5.02. The Hall–Kier alpha value is -2.47. The van der Waals surface area contributed by atoms with Crippen molar-refractivity contribution >= 4 is 0 Å². The van der Waals surface area contributed by atoms with Crippen LogP contribution < -0.4 is 5.32 Å². The van der Waals surface area contributed by atoms with Crippen LogP contribution in [0, 0.1) is 0 Å². The summed E-state index contributed by atoms with van der Waals surface area (Å²) in [6, 6.07) is 10.6. The smallest absolute Gasteiger partial charge is 0.138 e.